The number of halogens is 2. The van der Waals surface area contributed by atoms with Crippen LogP contribution >= 0.6 is 11.6 Å². The van der Waals surface area contributed by atoms with E-state index in [4.69, 9.17) is 21.1 Å². The van der Waals surface area contributed by atoms with E-state index >= 15 is 0 Å². The molecule has 2 N–H and O–H groups in total. The molecule has 0 bridgehead atoms. The lowest BCUT2D eigenvalue weighted by atomic mass is 9.98. The minimum atomic E-state index is -1.14. The number of hydrogen-bond acceptors (Lipinski definition) is 10. The molecule has 6 aromatic rings. The van der Waals surface area contributed by atoms with E-state index in [2.05, 4.69) is 15.3 Å². The summed E-state index contributed by atoms with van der Waals surface area (Å²) in [5.74, 6) is -3.71. The fraction of sp³-hybridized carbons (Fsp3) is 0.327. The number of nitrogens with zero attached hydrogens (tertiary/aromatic N) is 6. The Morgan fingerprint density at radius 3 is 2.36 bits per heavy atom. The van der Waals surface area contributed by atoms with Crippen LogP contribution in [-0.2, 0) is 34.4 Å². The van der Waals surface area contributed by atoms with Crippen LogP contribution in [0.25, 0.3) is 32.8 Å². The molecule has 16 nitrogen and oxygen atoms in total. The SMILES string of the molecule is Cc1nn(C)c(C)c1-c1c(Cl)ccc2c(CCCOc3cccc4cc(F)ccc34)c(C(=O)O)n(CCN3CCN(C(=O)COc4cccc5c4C(=O)N(C4CCC(=O)NC4=O)C5=O)CC3)c12. The van der Waals surface area contributed by atoms with Crippen molar-refractivity contribution >= 4 is 68.8 Å². The summed E-state index contributed by atoms with van der Waals surface area (Å²) in [7, 11) is 1.85. The molecule has 2 fully saturated rings. The van der Waals surface area contributed by atoms with Crippen LogP contribution in [0.4, 0.5) is 4.39 Å². The monoisotopic (exact) mass is 931 g/mol. The van der Waals surface area contributed by atoms with Crippen molar-refractivity contribution in [2.24, 2.45) is 7.05 Å². The molecule has 0 spiro atoms. The third kappa shape index (κ3) is 8.37. The van der Waals surface area contributed by atoms with E-state index in [-0.39, 0.29) is 53.7 Å². The number of aryl methyl sites for hydroxylation is 3. The second-order valence-corrected chi connectivity index (χ2v) is 17.4. The zero-order valence-electron chi connectivity index (χ0n) is 37.1. The predicted molar refractivity (Wildman–Crippen MR) is 245 cm³/mol. The molecule has 2 saturated heterocycles. The lowest BCUT2D eigenvalue weighted by Crippen LogP contribution is -2.54. The van der Waals surface area contributed by atoms with Gasteiger partial charge in [-0.2, -0.15) is 5.10 Å². The van der Waals surface area contributed by atoms with Crippen molar-refractivity contribution in [2.75, 3.05) is 45.9 Å². The molecule has 3 aliphatic rings. The van der Waals surface area contributed by atoms with E-state index in [0.717, 1.165) is 32.6 Å². The maximum absolute atomic E-state index is 13.9. The summed E-state index contributed by atoms with van der Waals surface area (Å²) in [5.41, 5.74) is 4.65. The normalized spacial score (nSPS) is 16.6. The highest BCUT2D eigenvalue weighted by Crippen LogP contribution is 2.42. The van der Waals surface area contributed by atoms with Crippen LogP contribution in [0.2, 0.25) is 5.02 Å². The van der Waals surface area contributed by atoms with Gasteiger partial charge >= 0.3 is 5.97 Å². The van der Waals surface area contributed by atoms with Crippen LogP contribution in [0.5, 0.6) is 11.5 Å². The van der Waals surface area contributed by atoms with Gasteiger partial charge in [0.1, 0.15) is 29.1 Å². The van der Waals surface area contributed by atoms with Gasteiger partial charge in [0.25, 0.3) is 17.7 Å². The van der Waals surface area contributed by atoms with E-state index in [1.807, 2.05) is 43.7 Å². The quantitative estimate of drug-likeness (QED) is 0.0974. The number of hydrogen-bond donors (Lipinski definition) is 2. The summed E-state index contributed by atoms with van der Waals surface area (Å²) < 4.78 is 29.6. The molecule has 346 valence electrons. The predicted octanol–water partition coefficient (Wildman–Crippen LogP) is 5.94. The van der Waals surface area contributed by atoms with Crippen molar-refractivity contribution in [3.05, 3.63) is 111 Å². The van der Waals surface area contributed by atoms with Crippen LogP contribution < -0.4 is 14.8 Å². The standard InChI is InChI=1S/C49H47ClFN7O9/c1-27-41(28(2)54(3)53-27)43-35(50)15-14-33-32(9-6-24-66-37-10-4-7-29-25-30(51)12-13-31(29)37)45(49(64)65)57(44(33)43)23-20-55-18-21-56(22-19-55)40(60)26-67-38-11-5-8-34-42(38)48(63)58(47(34)62)36-16-17-39(59)52-46(36)61/h4-5,7-8,10-15,25,36H,6,9,16-24,26H2,1-3H3,(H,64,65)(H,52,59,61). The largest absolute Gasteiger partial charge is 0.493 e. The summed E-state index contributed by atoms with van der Waals surface area (Å²) in [4.78, 5) is 82.6. The minimum absolute atomic E-state index is 0.0103. The van der Waals surface area contributed by atoms with Gasteiger partial charge in [-0.15, -0.1) is 0 Å². The maximum Gasteiger partial charge on any atom is 0.352 e. The molecule has 4 aromatic carbocycles. The number of imide groups is 2. The molecule has 5 heterocycles. The van der Waals surface area contributed by atoms with Crippen molar-refractivity contribution in [2.45, 2.75) is 52.1 Å². The van der Waals surface area contributed by atoms with Gasteiger partial charge in [-0.25, -0.2) is 9.18 Å². The zero-order chi connectivity index (χ0) is 47.3. The van der Waals surface area contributed by atoms with Gasteiger partial charge in [0, 0.05) is 80.3 Å². The number of nitrogens with one attached hydrogen (secondary N) is 1. The first-order valence-corrected chi connectivity index (χ1v) is 22.5. The Morgan fingerprint density at radius 1 is 0.881 bits per heavy atom. The third-order valence-corrected chi connectivity index (χ3v) is 13.3. The second kappa shape index (κ2) is 18.3. The number of aromatic carboxylic acids is 1. The number of carbonyl (C=O) groups is 6. The van der Waals surface area contributed by atoms with E-state index in [1.165, 1.54) is 30.3 Å². The lowest BCUT2D eigenvalue weighted by Gasteiger charge is -2.35. The molecule has 2 aromatic heterocycles. The average Bonchev–Trinajstić information content (AvgIpc) is 3.86. The molecule has 3 aliphatic heterocycles. The van der Waals surface area contributed by atoms with Gasteiger partial charge < -0.3 is 24.0 Å². The van der Waals surface area contributed by atoms with Crippen LogP contribution in [0.1, 0.15) is 67.4 Å². The highest BCUT2D eigenvalue weighted by Gasteiger charge is 2.46. The van der Waals surface area contributed by atoms with Gasteiger partial charge in [-0.1, -0.05) is 35.9 Å². The molecule has 1 atom stereocenters. The number of carbonyl (C=O) groups excluding carboxylic acids is 5. The Hall–Kier alpha value is -7.11. The van der Waals surface area contributed by atoms with Crippen molar-refractivity contribution in [3.8, 4) is 22.6 Å². The van der Waals surface area contributed by atoms with E-state index < -0.39 is 42.2 Å². The summed E-state index contributed by atoms with van der Waals surface area (Å²) >= 11 is 7.05. The Balaban J connectivity index is 0.901. The van der Waals surface area contributed by atoms with Crippen molar-refractivity contribution in [3.63, 3.8) is 0 Å². The first kappa shape index (κ1) is 45.1. The smallest absolute Gasteiger partial charge is 0.352 e. The van der Waals surface area contributed by atoms with Crippen LogP contribution in [-0.4, -0.2) is 122 Å². The van der Waals surface area contributed by atoms with Crippen molar-refractivity contribution in [1.29, 1.82) is 0 Å². The average molecular weight is 932 g/mol. The molecule has 0 saturated carbocycles. The number of ether oxygens (including phenoxy) is 2. The zero-order valence-corrected chi connectivity index (χ0v) is 37.8. The number of benzene rings is 4. The molecule has 67 heavy (non-hydrogen) atoms. The fourth-order valence-electron chi connectivity index (χ4n) is 9.67. The summed E-state index contributed by atoms with van der Waals surface area (Å²) in [6.45, 7) is 6.18. The number of amides is 5. The van der Waals surface area contributed by atoms with Gasteiger partial charge in [0.15, 0.2) is 6.61 Å². The minimum Gasteiger partial charge on any atom is -0.493 e. The van der Waals surface area contributed by atoms with Crippen LogP contribution in [0.3, 0.4) is 0 Å². The molecule has 18 heteroatoms. The Morgan fingerprint density at radius 2 is 1.63 bits per heavy atom. The molecular weight excluding hydrogens is 885 g/mol. The third-order valence-electron chi connectivity index (χ3n) is 13.0. The maximum atomic E-state index is 13.9. The fourth-order valence-corrected chi connectivity index (χ4v) is 9.91. The van der Waals surface area contributed by atoms with Crippen LogP contribution in [0.15, 0.2) is 66.7 Å². The Bertz CT molecular complexity index is 3050. The Kier molecular flexibility index (Phi) is 12.3. The number of piperidine rings is 1. The number of aromatic nitrogens is 3. The summed E-state index contributed by atoms with van der Waals surface area (Å²) in [5, 5.41) is 20.5. The molecule has 0 radical (unpaired) electrons. The van der Waals surface area contributed by atoms with E-state index in [0.29, 0.717) is 84.9 Å². The number of rotatable bonds is 14. The first-order chi connectivity index (χ1) is 32.2. The number of fused-ring (bicyclic) bond motifs is 3. The summed E-state index contributed by atoms with van der Waals surface area (Å²) in [6.07, 6.45) is 0.868. The topological polar surface area (TPSA) is 186 Å². The summed E-state index contributed by atoms with van der Waals surface area (Å²) in [6, 6.07) is 17.0. The van der Waals surface area contributed by atoms with Crippen molar-refractivity contribution < 1.29 is 47.7 Å². The highest BCUT2D eigenvalue weighted by atomic mass is 35.5. The molecular formula is C49H47ClFN7O9. The number of carboxylic acids is 1. The van der Waals surface area contributed by atoms with Crippen LogP contribution in [0, 0.1) is 19.7 Å². The van der Waals surface area contributed by atoms with Crippen molar-refractivity contribution in [1.82, 2.24) is 34.4 Å². The first-order valence-electron chi connectivity index (χ1n) is 22.1. The molecule has 1 unspecified atom stereocenters. The Labute approximate surface area is 388 Å². The number of carboxylic acid groups (broad SMARTS) is 1. The highest BCUT2D eigenvalue weighted by molar-refractivity contribution is 6.35. The lowest BCUT2D eigenvalue weighted by molar-refractivity contribution is -0.136. The number of piperazine rings is 1. The molecule has 5 amide bonds. The van der Waals surface area contributed by atoms with E-state index in [9.17, 15) is 38.3 Å². The van der Waals surface area contributed by atoms with Gasteiger partial charge in [0.05, 0.1) is 34.0 Å². The second-order valence-electron chi connectivity index (χ2n) is 17.0. The van der Waals surface area contributed by atoms with Gasteiger partial charge in [-0.05, 0) is 86.5 Å². The van der Waals surface area contributed by atoms with Gasteiger partial charge in [-0.3, -0.25) is 43.8 Å². The molecule has 0 aliphatic carbocycles. The van der Waals surface area contributed by atoms with Gasteiger partial charge in [0.2, 0.25) is 11.8 Å². The van der Waals surface area contributed by atoms with E-state index in [1.54, 1.807) is 27.8 Å². The molecule has 9 rings (SSSR count).